The summed E-state index contributed by atoms with van der Waals surface area (Å²) in [6.07, 6.45) is 0. The molecule has 86 valence electrons. The molecule has 0 aliphatic rings. The van der Waals surface area contributed by atoms with Crippen LogP contribution < -0.4 is 5.32 Å². The quantitative estimate of drug-likeness (QED) is 0.625. The Morgan fingerprint density at radius 1 is 1.00 bits per heavy atom. The number of aliphatic hydroxyl groups is 2. The third-order valence-corrected chi connectivity index (χ3v) is 3.30. The Balaban J connectivity index is 4.11. The maximum Gasteiger partial charge on any atom is 0.0607 e. The van der Waals surface area contributed by atoms with Gasteiger partial charge in [0.2, 0.25) is 0 Å². The zero-order chi connectivity index (χ0) is 11.4. The Morgan fingerprint density at radius 3 is 1.71 bits per heavy atom. The zero-order valence-corrected chi connectivity index (χ0v) is 10.1. The molecule has 0 aromatic rings. The number of hydrogen-bond donors (Lipinski definition) is 3. The van der Waals surface area contributed by atoms with Crippen LogP contribution in [0.1, 0.15) is 34.6 Å². The first-order chi connectivity index (χ1) is 6.24. The molecule has 0 unspecified atom stereocenters. The number of nitrogens with one attached hydrogen (secondary N) is 1. The first kappa shape index (κ1) is 13.9. The van der Waals surface area contributed by atoms with Crippen molar-refractivity contribution < 1.29 is 10.2 Å². The summed E-state index contributed by atoms with van der Waals surface area (Å²) in [6, 6.07) is -0.198. The Labute approximate surface area is 87.5 Å². The van der Waals surface area contributed by atoms with Gasteiger partial charge < -0.3 is 15.5 Å². The van der Waals surface area contributed by atoms with Crippen molar-refractivity contribution in [3.63, 3.8) is 0 Å². The molecule has 0 saturated heterocycles. The second kappa shape index (κ2) is 5.10. The smallest absolute Gasteiger partial charge is 0.0607 e. The molecule has 3 heteroatoms. The highest BCUT2D eigenvalue weighted by atomic mass is 16.3. The minimum Gasteiger partial charge on any atom is -0.395 e. The van der Waals surface area contributed by atoms with Gasteiger partial charge in [-0.1, -0.05) is 34.6 Å². The van der Waals surface area contributed by atoms with Crippen molar-refractivity contribution in [2.24, 2.45) is 10.8 Å². The average molecular weight is 203 g/mol. The van der Waals surface area contributed by atoms with Gasteiger partial charge in [-0.15, -0.1) is 0 Å². The van der Waals surface area contributed by atoms with Crippen LogP contribution in [0.3, 0.4) is 0 Å². The van der Waals surface area contributed by atoms with Crippen LogP contribution in [0.2, 0.25) is 0 Å². The number of hydrogen-bond acceptors (Lipinski definition) is 3. The van der Waals surface area contributed by atoms with Crippen LogP contribution in [0.5, 0.6) is 0 Å². The fraction of sp³-hybridized carbons (Fsp3) is 1.00. The van der Waals surface area contributed by atoms with E-state index in [9.17, 15) is 0 Å². The van der Waals surface area contributed by atoms with E-state index in [-0.39, 0.29) is 30.1 Å². The van der Waals surface area contributed by atoms with E-state index >= 15 is 0 Å². The van der Waals surface area contributed by atoms with E-state index in [1.54, 1.807) is 0 Å². The highest BCUT2D eigenvalue weighted by molar-refractivity contribution is 4.85. The van der Waals surface area contributed by atoms with Crippen molar-refractivity contribution in [1.82, 2.24) is 5.32 Å². The lowest BCUT2D eigenvalue weighted by atomic mass is 9.69. The molecule has 0 aromatic carbocycles. The fourth-order valence-corrected chi connectivity index (χ4v) is 0.851. The first-order valence-electron chi connectivity index (χ1n) is 5.19. The molecular formula is C11H25NO2. The molecule has 0 amide bonds. The second-order valence-corrected chi connectivity index (χ2v) is 5.58. The van der Waals surface area contributed by atoms with Gasteiger partial charge in [0.15, 0.2) is 0 Å². The molecule has 3 N–H and O–H groups in total. The van der Waals surface area contributed by atoms with Crippen LogP contribution in [0.25, 0.3) is 0 Å². The Bertz CT molecular complexity index is 157. The van der Waals surface area contributed by atoms with Gasteiger partial charge in [-0.05, 0) is 10.8 Å². The van der Waals surface area contributed by atoms with Crippen LogP contribution in [0.4, 0.5) is 0 Å². The van der Waals surface area contributed by atoms with Crippen molar-refractivity contribution >= 4 is 0 Å². The second-order valence-electron chi connectivity index (χ2n) is 5.58. The minimum absolute atomic E-state index is 0.0171. The molecule has 0 heterocycles. The first-order valence-corrected chi connectivity index (χ1v) is 5.19. The third kappa shape index (κ3) is 3.95. The lowest BCUT2D eigenvalue weighted by Gasteiger charge is -2.39. The van der Waals surface area contributed by atoms with Crippen molar-refractivity contribution in [1.29, 1.82) is 0 Å². The van der Waals surface area contributed by atoms with E-state index in [2.05, 4.69) is 39.9 Å². The average Bonchev–Trinajstić information content (AvgIpc) is 2.04. The Hall–Kier alpha value is -0.120. The van der Waals surface area contributed by atoms with Gasteiger partial charge in [0.1, 0.15) is 0 Å². The van der Waals surface area contributed by atoms with Gasteiger partial charge in [0.25, 0.3) is 0 Å². The summed E-state index contributed by atoms with van der Waals surface area (Å²) in [6.45, 7) is 11.7. The SMILES string of the molecule is CC(C)(C)C(C)(C)CNC(CO)CO. The van der Waals surface area contributed by atoms with Crippen molar-refractivity contribution in [2.75, 3.05) is 19.8 Å². The summed E-state index contributed by atoms with van der Waals surface area (Å²) < 4.78 is 0. The van der Waals surface area contributed by atoms with E-state index in [0.29, 0.717) is 0 Å². The van der Waals surface area contributed by atoms with Crippen LogP contribution in [0.15, 0.2) is 0 Å². The largest absolute Gasteiger partial charge is 0.395 e. The molecule has 3 nitrogen and oxygen atoms in total. The lowest BCUT2D eigenvalue weighted by molar-refractivity contribution is 0.104. The maximum atomic E-state index is 8.90. The number of aliphatic hydroxyl groups excluding tert-OH is 2. The molecule has 0 aromatic heterocycles. The summed E-state index contributed by atoms with van der Waals surface area (Å²) in [4.78, 5) is 0. The van der Waals surface area contributed by atoms with Crippen LogP contribution in [-0.4, -0.2) is 36.0 Å². The predicted octanol–water partition coefficient (Wildman–Crippen LogP) is 1.00. The van der Waals surface area contributed by atoms with E-state index in [1.807, 2.05) is 0 Å². The molecular weight excluding hydrogens is 178 g/mol. The van der Waals surface area contributed by atoms with E-state index in [4.69, 9.17) is 10.2 Å². The minimum atomic E-state index is -0.198. The Morgan fingerprint density at radius 2 is 1.43 bits per heavy atom. The monoisotopic (exact) mass is 203 g/mol. The summed E-state index contributed by atoms with van der Waals surface area (Å²) in [5, 5.41) is 21.0. The lowest BCUT2D eigenvalue weighted by Crippen LogP contribution is -2.45. The summed E-state index contributed by atoms with van der Waals surface area (Å²) in [5.74, 6) is 0. The van der Waals surface area contributed by atoms with Crippen LogP contribution >= 0.6 is 0 Å². The van der Waals surface area contributed by atoms with E-state index in [1.165, 1.54) is 0 Å². The Kier molecular flexibility index (Phi) is 5.06. The van der Waals surface area contributed by atoms with E-state index in [0.717, 1.165) is 6.54 Å². The molecule has 0 saturated carbocycles. The topological polar surface area (TPSA) is 52.5 Å². The molecule has 0 bridgehead atoms. The highest BCUT2D eigenvalue weighted by Crippen LogP contribution is 2.36. The third-order valence-electron chi connectivity index (χ3n) is 3.30. The van der Waals surface area contributed by atoms with E-state index < -0.39 is 0 Å². The zero-order valence-electron chi connectivity index (χ0n) is 10.1. The molecule has 0 atom stereocenters. The predicted molar refractivity (Wildman–Crippen MR) is 59.2 cm³/mol. The molecule has 0 fully saturated rings. The molecule has 0 aliphatic carbocycles. The normalized spacial score (nSPS) is 13.7. The molecule has 0 aliphatic heterocycles. The fourth-order valence-electron chi connectivity index (χ4n) is 0.851. The van der Waals surface area contributed by atoms with Crippen LogP contribution in [0, 0.1) is 10.8 Å². The standard InChI is InChI=1S/C11H25NO2/c1-10(2,3)11(4,5)8-12-9(6-13)7-14/h9,12-14H,6-8H2,1-5H3. The molecule has 0 radical (unpaired) electrons. The summed E-state index contributed by atoms with van der Waals surface area (Å²) >= 11 is 0. The molecule has 0 rings (SSSR count). The highest BCUT2D eigenvalue weighted by Gasteiger charge is 2.32. The van der Waals surface area contributed by atoms with Crippen molar-refractivity contribution in [3.05, 3.63) is 0 Å². The van der Waals surface area contributed by atoms with Gasteiger partial charge >= 0.3 is 0 Å². The summed E-state index contributed by atoms with van der Waals surface area (Å²) in [5.41, 5.74) is 0.338. The van der Waals surface area contributed by atoms with Gasteiger partial charge in [-0.2, -0.15) is 0 Å². The maximum absolute atomic E-state index is 8.90. The van der Waals surface area contributed by atoms with Gasteiger partial charge in [0.05, 0.1) is 19.3 Å². The molecule has 0 spiro atoms. The number of rotatable bonds is 5. The van der Waals surface area contributed by atoms with Gasteiger partial charge in [-0.3, -0.25) is 0 Å². The van der Waals surface area contributed by atoms with Crippen molar-refractivity contribution in [3.8, 4) is 0 Å². The van der Waals surface area contributed by atoms with Gasteiger partial charge in [0, 0.05) is 6.54 Å². The summed E-state index contributed by atoms with van der Waals surface area (Å²) in [7, 11) is 0. The van der Waals surface area contributed by atoms with Crippen LogP contribution in [-0.2, 0) is 0 Å². The van der Waals surface area contributed by atoms with Gasteiger partial charge in [-0.25, -0.2) is 0 Å². The van der Waals surface area contributed by atoms with Crippen molar-refractivity contribution in [2.45, 2.75) is 40.7 Å². The molecule has 14 heavy (non-hydrogen) atoms.